The van der Waals surface area contributed by atoms with Crippen molar-refractivity contribution in [3.63, 3.8) is 0 Å². The zero-order valence-corrected chi connectivity index (χ0v) is 13.8. The largest absolute Gasteiger partial charge is 0.383 e. The summed E-state index contributed by atoms with van der Waals surface area (Å²) < 4.78 is 5.00. The number of guanidine groups is 1. The van der Waals surface area contributed by atoms with Crippen LogP contribution in [0.1, 0.15) is 37.3 Å². The third kappa shape index (κ3) is 7.14. The highest BCUT2D eigenvalue weighted by Gasteiger charge is 2.00. The molecule has 0 radical (unpaired) electrons. The normalized spacial score (nSPS) is 11.8. The van der Waals surface area contributed by atoms with E-state index in [0.29, 0.717) is 12.5 Å². The Labute approximate surface area is 129 Å². The lowest BCUT2D eigenvalue weighted by atomic mass is 10.0. The number of ether oxygens (including phenoxy) is 1. The van der Waals surface area contributed by atoms with E-state index in [0.717, 1.165) is 31.9 Å². The molecule has 2 N–H and O–H groups in total. The van der Waals surface area contributed by atoms with Crippen molar-refractivity contribution in [3.8, 4) is 0 Å². The standard InChI is InChI=1S/C17H29N3O/c1-14(2)16-9-7-15(8-10-16)6-5-11-19-17(18-3)20-12-13-21-4/h7-10,14H,5-6,11-13H2,1-4H3,(H2,18,19,20). The summed E-state index contributed by atoms with van der Waals surface area (Å²) in [5.41, 5.74) is 2.79. The molecule has 0 spiro atoms. The van der Waals surface area contributed by atoms with Crippen LogP contribution in [0.3, 0.4) is 0 Å². The van der Waals surface area contributed by atoms with Gasteiger partial charge < -0.3 is 15.4 Å². The van der Waals surface area contributed by atoms with Crippen molar-refractivity contribution in [3.05, 3.63) is 35.4 Å². The van der Waals surface area contributed by atoms with Crippen molar-refractivity contribution in [2.45, 2.75) is 32.6 Å². The van der Waals surface area contributed by atoms with E-state index in [1.165, 1.54) is 11.1 Å². The van der Waals surface area contributed by atoms with E-state index in [1.807, 2.05) is 0 Å². The van der Waals surface area contributed by atoms with Crippen LogP contribution >= 0.6 is 0 Å². The minimum absolute atomic E-state index is 0.599. The van der Waals surface area contributed by atoms with Gasteiger partial charge in [-0.05, 0) is 29.9 Å². The maximum atomic E-state index is 5.00. The van der Waals surface area contributed by atoms with E-state index in [1.54, 1.807) is 14.2 Å². The molecule has 0 amide bonds. The van der Waals surface area contributed by atoms with Gasteiger partial charge in [-0.1, -0.05) is 38.1 Å². The molecule has 1 aromatic rings. The Morgan fingerprint density at radius 1 is 1.14 bits per heavy atom. The molecule has 1 aromatic carbocycles. The minimum atomic E-state index is 0.599. The van der Waals surface area contributed by atoms with Gasteiger partial charge in [-0.15, -0.1) is 0 Å². The Morgan fingerprint density at radius 3 is 2.38 bits per heavy atom. The summed E-state index contributed by atoms with van der Waals surface area (Å²) in [5.74, 6) is 1.43. The second kappa shape index (κ2) is 10.2. The van der Waals surface area contributed by atoms with Crippen LogP contribution < -0.4 is 10.6 Å². The molecule has 4 heteroatoms. The number of aryl methyl sites for hydroxylation is 1. The molecule has 21 heavy (non-hydrogen) atoms. The van der Waals surface area contributed by atoms with Gasteiger partial charge in [-0.3, -0.25) is 4.99 Å². The first kappa shape index (κ1) is 17.5. The second-order valence-electron chi connectivity index (χ2n) is 5.42. The second-order valence-corrected chi connectivity index (χ2v) is 5.42. The average molecular weight is 291 g/mol. The van der Waals surface area contributed by atoms with Crippen molar-refractivity contribution < 1.29 is 4.74 Å². The van der Waals surface area contributed by atoms with Crippen LogP contribution in [0.25, 0.3) is 0 Å². The first-order chi connectivity index (χ1) is 10.2. The zero-order chi connectivity index (χ0) is 15.5. The van der Waals surface area contributed by atoms with Gasteiger partial charge in [0.15, 0.2) is 5.96 Å². The maximum absolute atomic E-state index is 5.00. The molecule has 0 bridgehead atoms. The summed E-state index contributed by atoms with van der Waals surface area (Å²) in [4.78, 5) is 4.17. The van der Waals surface area contributed by atoms with Gasteiger partial charge in [-0.2, -0.15) is 0 Å². The summed E-state index contributed by atoms with van der Waals surface area (Å²) in [6, 6.07) is 8.94. The molecule has 0 aliphatic heterocycles. The number of nitrogens with one attached hydrogen (secondary N) is 2. The fraction of sp³-hybridized carbons (Fsp3) is 0.588. The van der Waals surface area contributed by atoms with E-state index < -0.39 is 0 Å². The van der Waals surface area contributed by atoms with Crippen LogP contribution in [-0.2, 0) is 11.2 Å². The van der Waals surface area contributed by atoms with Gasteiger partial charge in [0.25, 0.3) is 0 Å². The molecule has 0 unspecified atom stereocenters. The lowest BCUT2D eigenvalue weighted by Gasteiger charge is -2.11. The summed E-state index contributed by atoms with van der Waals surface area (Å²) in [5, 5.41) is 6.51. The van der Waals surface area contributed by atoms with Gasteiger partial charge in [0.1, 0.15) is 0 Å². The van der Waals surface area contributed by atoms with Gasteiger partial charge in [0.2, 0.25) is 0 Å². The molecule has 0 atom stereocenters. The molecule has 118 valence electrons. The molecular formula is C17H29N3O. The first-order valence-corrected chi connectivity index (χ1v) is 7.69. The molecule has 0 heterocycles. The zero-order valence-electron chi connectivity index (χ0n) is 13.8. The van der Waals surface area contributed by atoms with Gasteiger partial charge in [-0.25, -0.2) is 0 Å². The molecule has 0 saturated heterocycles. The van der Waals surface area contributed by atoms with Crippen LogP contribution in [0, 0.1) is 0 Å². The fourth-order valence-corrected chi connectivity index (χ4v) is 2.06. The Kier molecular flexibility index (Phi) is 8.51. The highest BCUT2D eigenvalue weighted by molar-refractivity contribution is 5.79. The van der Waals surface area contributed by atoms with Crippen molar-refractivity contribution in [2.75, 3.05) is 33.9 Å². The Hall–Kier alpha value is -1.55. The Balaban J connectivity index is 2.23. The van der Waals surface area contributed by atoms with Crippen LogP contribution in [0.4, 0.5) is 0 Å². The third-order valence-electron chi connectivity index (χ3n) is 3.40. The quantitative estimate of drug-likeness (QED) is 0.439. The van der Waals surface area contributed by atoms with Crippen molar-refractivity contribution in [2.24, 2.45) is 4.99 Å². The number of methoxy groups -OCH3 is 1. The maximum Gasteiger partial charge on any atom is 0.191 e. The van der Waals surface area contributed by atoms with Crippen molar-refractivity contribution in [1.29, 1.82) is 0 Å². The van der Waals surface area contributed by atoms with Crippen molar-refractivity contribution >= 4 is 5.96 Å². The lowest BCUT2D eigenvalue weighted by molar-refractivity contribution is 0.203. The van der Waals surface area contributed by atoms with Gasteiger partial charge in [0, 0.05) is 27.2 Å². The van der Waals surface area contributed by atoms with Crippen LogP contribution in [0.2, 0.25) is 0 Å². The topological polar surface area (TPSA) is 45.7 Å². The Morgan fingerprint density at radius 2 is 1.81 bits per heavy atom. The Bertz CT molecular complexity index is 413. The molecule has 1 rings (SSSR count). The smallest absolute Gasteiger partial charge is 0.191 e. The van der Waals surface area contributed by atoms with Gasteiger partial charge >= 0.3 is 0 Å². The molecule has 0 aliphatic rings. The SMILES string of the molecule is CN=C(NCCCc1ccc(C(C)C)cc1)NCCOC. The molecular weight excluding hydrogens is 262 g/mol. The molecule has 0 aliphatic carbocycles. The van der Waals surface area contributed by atoms with Crippen molar-refractivity contribution in [1.82, 2.24) is 10.6 Å². The number of benzene rings is 1. The predicted octanol–water partition coefficient (Wildman–Crippen LogP) is 2.55. The number of hydrogen-bond donors (Lipinski definition) is 2. The number of rotatable bonds is 8. The fourth-order valence-electron chi connectivity index (χ4n) is 2.06. The van der Waals surface area contributed by atoms with E-state index in [-0.39, 0.29) is 0 Å². The monoisotopic (exact) mass is 291 g/mol. The molecule has 4 nitrogen and oxygen atoms in total. The van der Waals surface area contributed by atoms with Crippen LogP contribution in [-0.4, -0.2) is 39.8 Å². The summed E-state index contributed by atoms with van der Waals surface area (Å²) in [6.45, 7) is 6.82. The molecule has 0 fully saturated rings. The summed E-state index contributed by atoms with van der Waals surface area (Å²) >= 11 is 0. The molecule has 0 aromatic heterocycles. The highest BCUT2D eigenvalue weighted by atomic mass is 16.5. The van der Waals surface area contributed by atoms with Crippen LogP contribution in [0.15, 0.2) is 29.3 Å². The predicted molar refractivity (Wildman–Crippen MR) is 90.1 cm³/mol. The average Bonchev–Trinajstić information content (AvgIpc) is 2.50. The van der Waals surface area contributed by atoms with Crippen LogP contribution in [0.5, 0.6) is 0 Å². The van der Waals surface area contributed by atoms with E-state index >= 15 is 0 Å². The lowest BCUT2D eigenvalue weighted by Crippen LogP contribution is -2.39. The van der Waals surface area contributed by atoms with E-state index in [9.17, 15) is 0 Å². The third-order valence-corrected chi connectivity index (χ3v) is 3.40. The highest BCUT2D eigenvalue weighted by Crippen LogP contribution is 2.15. The van der Waals surface area contributed by atoms with E-state index in [4.69, 9.17) is 4.74 Å². The van der Waals surface area contributed by atoms with E-state index in [2.05, 4.69) is 53.7 Å². The number of aliphatic imine (C=N–C) groups is 1. The van der Waals surface area contributed by atoms with Gasteiger partial charge in [0.05, 0.1) is 6.61 Å². The molecule has 0 saturated carbocycles. The number of nitrogens with zero attached hydrogens (tertiary/aromatic N) is 1. The first-order valence-electron chi connectivity index (χ1n) is 7.69. The minimum Gasteiger partial charge on any atom is -0.383 e. The summed E-state index contributed by atoms with van der Waals surface area (Å²) in [7, 11) is 3.48. The summed E-state index contributed by atoms with van der Waals surface area (Å²) in [6.07, 6.45) is 2.17. The number of hydrogen-bond acceptors (Lipinski definition) is 2.